The van der Waals surface area contributed by atoms with Gasteiger partial charge < -0.3 is 4.74 Å². The van der Waals surface area contributed by atoms with Gasteiger partial charge in [-0.3, -0.25) is 4.98 Å². The first-order valence-electron chi connectivity index (χ1n) is 7.02. The molecular weight excluding hydrogens is 346 g/mol. The molecule has 0 saturated heterocycles. The first-order chi connectivity index (χ1) is 12.1. The van der Waals surface area contributed by atoms with Gasteiger partial charge >= 0.3 is 16.6 Å². The van der Waals surface area contributed by atoms with E-state index in [9.17, 15) is 13.2 Å². The number of rotatable bonds is 4. The summed E-state index contributed by atoms with van der Waals surface area (Å²) in [6.45, 7) is 0.569. The fourth-order valence-corrected chi connectivity index (χ4v) is 2.22. The molecule has 0 bridgehead atoms. The minimum atomic E-state index is -2.84. The Hall–Kier alpha value is -3.40. The lowest BCUT2D eigenvalue weighted by Crippen LogP contribution is -2.01. The Balaban J connectivity index is 1.70. The maximum atomic E-state index is 11.1. The molecule has 0 radical (unpaired) electrons. The zero-order chi connectivity index (χ0) is 17.6. The lowest BCUT2D eigenvalue weighted by Gasteiger charge is -2.01. The summed E-state index contributed by atoms with van der Waals surface area (Å²) < 4.78 is 29.7. The molecule has 9 nitrogen and oxygen atoms in total. The highest BCUT2D eigenvalue weighted by molar-refractivity contribution is 7.62. The molecular formula is C15H11N5O4S. The predicted octanol–water partition coefficient (Wildman–Crippen LogP) is 1.95. The van der Waals surface area contributed by atoms with Crippen molar-refractivity contribution in [1.82, 2.24) is 20.0 Å². The van der Waals surface area contributed by atoms with E-state index in [2.05, 4.69) is 19.7 Å². The van der Waals surface area contributed by atoms with Crippen molar-refractivity contribution in [3.63, 3.8) is 0 Å². The molecule has 126 valence electrons. The highest BCUT2D eigenvalue weighted by Gasteiger charge is 2.07. The minimum absolute atomic E-state index is 0.173. The Morgan fingerprint density at radius 3 is 2.52 bits per heavy atom. The van der Waals surface area contributed by atoms with E-state index in [1.807, 2.05) is 12.1 Å². The quantitative estimate of drug-likeness (QED) is 0.700. The third-order valence-electron chi connectivity index (χ3n) is 3.14. The molecule has 0 unspecified atom stereocenters. The molecule has 0 N–H and O–H groups in total. The van der Waals surface area contributed by atoms with Crippen LogP contribution >= 0.6 is 0 Å². The van der Waals surface area contributed by atoms with E-state index in [-0.39, 0.29) is 5.75 Å². The minimum Gasteiger partial charge on any atom is -0.408 e. The Morgan fingerprint density at radius 1 is 1.12 bits per heavy atom. The topological polar surface area (TPSA) is 116 Å². The van der Waals surface area contributed by atoms with E-state index >= 15 is 0 Å². The fraction of sp³-hybridized carbons (Fsp3) is 0.0667. The Kier molecular flexibility index (Phi) is 4.90. The van der Waals surface area contributed by atoms with Crippen LogP contribution in [-0.4, -0.2) is 34.5 Å². The van der Waals surface area contributed by atoms with Crippen LogP contribution in [0.4, 0.5) is 4.79 Å². The second-order valence-electron chi connectivity index (χ2n) is 4.86. The highest BCUT2D eigenvalue weighted by atomic mass is 32.2. The number of carbonyl (C=O) groups excluding carboxylic acids is 1. The fourth-order valence-electron chi connectivity index (χ4n) is 2.06. The standard InChI is InChI=1S/C15H11N5O4S/c21-15(18-25(22)23)24-13-3-1-12(2-4-13)14-10-20(19-17-14)9-11-5-7-16-8-6-11/h1-8,10H,9H2. The molecule has 1 amide bonds. The van der Waals surface area contributed by atoms with Crippen LogP contribution < -0.4 is 4.74 Å². The van der Waals surface area contributed by atoms with E-state index in [1.54, 1.807) is 35.4 Å². The molecule has 10 heteroatoms. The van der Waals surface area contributed by atoms with Gasteiger partial charge in [-0.05, 0) is 42.0 Å². The normalized spacial score (nSPS) is 10.2. The molecule has 3 rings (SSSR count). The second kappa shape index (κ2) is 7.45. The maximum absolute atomic E-state index is 11.1. The number of hydrogen-bond donors (Lipinski definition) is 0. The molecule has 25 heavy (non-hydrogen) atoms. The van der Waals surface area contributed by atoms with Gasteiger partial charge in [0.1, 0.15) is 11.4 Å². The predicted molar refractivity (Wildman–Crippen MR) is 86.2 cm³/mol. The molecule has 0 aliphatic carbocycles. The Morgan fingerprint density at radius 2 is 1.84 bits per heavy atom. The van der Waals surface area contributed by atoms with Gasteiger partial charge in [-0.25, -0.2) is 9.48 Å². The molecule has 0 aliphatic rings. The number of aromatic nitrogens is 4. The number of pyridine rings is 1. The summed E-state index contributed by atoms with van der Waals surface area (Å²) in [7, 11) is -2.84. The van der Waals surface area contributed by atoms with Gasteiger partial charge in [-0.15, -0.1) is 5.10 Å². The summed E-state index contributed by atoms with van der Waals surface area (Å²) in [4.78, 5) is 15.1. The molecule has 0 atom stereocenters. The van der Waals surface area contributed by atoms with Crippen molar-refractivity contribution in [2.24, 2.45) is 4.36 Å². The first-order valence-corrected chi connectivity index (χ1v) is 8.06. The molecule has 2 aromatic heterocycles. The van der Waals surface area contributed by atoms with Gasteiger partial charge in [-0.2, -0.15) is 8.42 Å². The van der Waals surface area contributed by atoms with Crippen LogP contribution in [0.3, 0.4) is 0 Å². The third kappa shape index (κ3) is 4.54. The summed E-state index contributed by atoms with van der Waals surface area (Å²) >= 11 is 0. The van der Waals surface area contributed by atoms with Crippen LogP contribution in [0.15, 0.2) is 59.4 Å². The van der Waals surface area contributed by atoms with Gasteiger partial charge in [-0.1, -0.05) is 9.58 Å². The van der Waals surface area contributed by atoms with Crippen molar-refractivity contribution in [1.29, 1.82) is 0 Å². The number of amides is 1. The maximum Gasteiger partial charge on any atom is 0.454 e. The van der Waals surface area contributed by atoms with E-state index in [0.29, 0.717) is 12.2 Å². The van der Waals surface area contributed by atoms with E-state index < -0.39 is 16.6 Å². The summed E-state index contributed by atoms with van der Waals surface area (Å²) in [5, 5.41) is 8.17. The third-order valence-corrected chi connectivity index (χ3v) is 3.44. The average molecular weight is 357 g/mol. The van der Waals surface area contributed by atoms with Gasteiger partial charge in [0.05, 0.1) is 12.7 Å². The van der Waals surface area contributed by atoms with Crippen LogP contribution in [0.1, 0.15) is 5.56 Å². The molecule has 0 spiro atoms. The molecule has 1 aromatic carbocycles. The van der Waals surface area contributed by atoms with Gasteiger partial charge in [0, 0.05) is 18.0 Å². The Labute approximate surface area is 143 Å². The van der Waals surface area contributed by atoms with Gasteiger partial charge in [0.15, 0.2) is 0 Å². The van der Waals surface area contributed by atoms with Crippen molar-refractivity contribution in [3.8, 4) is 17.0 Å². The number of benzene rings is 1. The SMILES string of the molecule is O=C(N=S(=O)=O)Oc1ccc(-c2cn(Cc3ccncc3)nn2)cc1. The van der Waals surface area contributed by atoms with Crippen molar-refractivity contribution in [2.45, 2.75) is 6.54 Å². The van der Waals surface area contributed by atoms with Crippen molar-refractivity contribution in [2.75, 3.05) is 0 Å². The lowest BCUT2D eigenvalue weighted by molar-refractivity contribution is 0.212. The molecule has 0 fully saturated rings. The van der Waals surface area contributed by atoms with Crippen LogP contribution in [0.25, 0.3) is 11.3 Å². The van der Waals surface area contributed by atoms with Crippen molar-refractivity contribution in [3.05, 3.63) is 60.6 Å². The first kappa shape index (κ1) is 16.5. The van der Waals surface area contributed by atoms with Crippen LogP contribution in [0.5, 0.6) is 5.75 Å². The van der Waals surface area contributed by atoms with E-state index in [1.165, 1.54) is 12.1 Å². The molecule has 2 heterocycles. The number of hydrogen-bond acceptors (Lipinski definition) is 7. The van der Waals surface area contributed by atoms with Crippen molar-refractivity contribution < 1.29 is 17.9 Å². The molecule has 0 aliphatic heterocycles. The van der Waals surface area contributed by atoms with E-state index in [0.717, 1.165) is 11.1 Å². The van der Waals surface area contributed by atoms with Gasteiger partial charge in [0.2, 0.25) is 0 Å². The molecule has 3 aromatic rings. The van der Waals surface area contributed by atoms with Crippen LogP contribution in [0, 0.1) is 0 Å². The summed E-state index contributed by atoms with van der Waals surface area (Å²) in [5.41, 5.74) is 2.47. The summed E-state index contributed by atoms with van der Waals surface area (Å²) in [5.74, 6) is 0.173. The number of ether oxygens (including phenoxy) is 1. The zero-order valence-electron chi connectivity index (χ0n) is 12.7. The summed E-state index contributed by atoms with van der Waals surface area (Å²) in [6, 6.07) is 10.2. The second-order valence-corrected chi connectivity index (χ2v) is 5.47. The average Bonchev–Trinajstić information content (AvgIpc) is 3.04. The van der Waals surface area contributed by atoms with Crippen LogP contribution in [0.2, 0.25) is 0 Å². The Bertz CT molecular complexity index is 1010. The molecule has 0 saturated carbocycles. The summed E-state index contributed by atoms with van der Waals surface area (Å²) in [6.07, 6.45) is 4.01. The smallest absolute Gasteiger partial charge is 0.408 e. The number of nitrogens with zero attached hydrogens (tertiary/aromatic N) is 5. The van der Waals surface area contributed by atoms with Crippen LogP contribution in [-0.2, 0) is 17.0 Å². The largest absolute Gasteiger partial charge is 0.454 e. The van der Waals surface area contributed by atoms with Crippen molar-refractivity contribution >= 4 is 16.6 Å². The van der Waals surface area contributed by atoms with Gasteiger partial charge in [0.25, 0.3) is 0 Å². The highest BCUT2D eigenvalue weighted by Crippen LogP contribution is 2.20. The monoisotopic (exact) mass is 357 g/mol. The lowest BCUT2D eigenvalue weighted by atomic mass is 10.1. The zero-order valence-corrected chi connectivity index (χ0v) is 13.5. The van der Waals surface area contributed by atoms with E-state index in [4.69, 9.17) is 4.74 Å². The number of carbonyl (C=O) groups is 1.